The average Bonchev–Trinajstić information content (AvgIpc) is 3.21. The van der Waals surface area contributed by atoms with Crippen LogP contribution in [-0.4, -0.2) is 34.5 Å². The lowest BCUT2D eigenvalue weighted by Gasteiger charge is -2.19. The van der Waals surface area contributed by atoms with Crippen LogP contribution in [0, 0.1) is 0 Å². The second-order valence-electron chi connectivity index (χ2n) is 7.23. The fourth-order valence-electron chi connectivity index (χ4n) is 3.43. The molecule has 1 N–H and O–H groups in total. The summed E-state index contributed by atoms with van der Waals surface area (Å²) in [5.74, 6) is 1.50. The quantitative estimate of drug-likeness (QED) is 0.567. The van der Waals surface area contributed by atoms with Gasteiger partial charge in [0.05, 0.1) is 0 Å². The van der Waals surface area contributed by atoms with Gasteiger partial charge in [0, 0.05) is 42.9 Å². The summed E-state index contributed by atoms with van der Waals surface area (Å²) in [5.41, 5.74) is 1.35. The number of imidazole rings is 1. The summed E-state index contributed by atoms with van der Waals surface area (Å²) in [4.78, 5) is 29.7. The smallest absolute Gasteiger partial charge is 0.221 e. The number of Topliss-reactive ketones (excluding diaryl/α,β-unsaturated/α-hetero) is 1. The molecule has 31 heavy (non-hydrogen) atoms. The van der Waals surface area contributed by atoms with Gasteiger partial charge in [-0.05, 0) is 35.9 Å². The minimum absolute atomic E-state index is 0.0573. The van der Waals surface area contributed by atoms with Gasteiger partial charge in [0.2, 0.25) is 5.91 Å². The summed E-state index contributed by atoms with van der Waals surface area (Å²) in [6.45, 7) is 0.942. The molecule has 0 bridgehead atoms. The Morgan fingerprint density at radius 2 is 1.84 bits per heavy atom. The monoisotopic (exact) mass is 439 g/mol. The Kier molecular flexibility index (Phi) is 6.23. The number of carbonyl (C=O) groups excluding carboxylic acids is 2. The van der Waals surface area contributed by atoms with E-state index in [1.54, 1.807) is 36.5 Å². The van der Waals surface area contributed by atoms with E-state index in [9.17, 15) is 9.59 Å². The Morgan fingerprint density at radius 1 is 1.10 bits per heavy atom. The number of halogens is 1. The number of hydrogen-bond acceptors (Lipinski definition) is 5. The lowest BCUT2D eigenvalue weighted by Crippen LogP contribution is -2.31. The number of nitrogens with one attached hydrogen (secondary N) is 1. The van der Waals surface area contributed by atoms with Crippen LogP contribution in [0.25, 0.3) is 0 Å². The number of ether oxygens (including phenoxy) is 2. The minimum Gasteiger partial charge on any atom is -0.486 e. The van der Waals surface area contributed by atoms with Gasteiger partial charge in [-0.3, -0.25) is 9.59 Å². The third-order valence-electron chi connectivity index (χ3n) is 5.07. The number of rotatable bonds is 7. The molecule has 1 aromatic heterocycles. The summed E-state index contributed by atoms with van der Waals surface area (Å²) in [5, 5.41) is 3.60. The maximum atomic E-state index is 12.7. The van der Waals surface area contributed by atoms with Crippen LogP contribution in [0.3, 0.4) is 0 Å². The molecule has 1 atom stereocenters. The Labute approximate surface area is 185 Å². The Bertz CT molecular complexity index is 1090. The first kappa shape index (κ1) is 20.9. The second-order valence-corrected chi connectivity index (χ2v) is 7.67. The molecular formula is C23H22ClN3O4. The zero-order valence-electron chi connectivity index (χ0n) is 17.0. The van der Waals surface area contributed by atoms with Gasteiger partial charge in [-0.15, -0.1) is 0 Å². The largest absolute Gasteiger partial charge is 0.486 e. The van der Waals surface area contributed by atoms with Crippen molar-refractivity contribution in [3.63, 3.8) is 0 Å². The summed E-state index contributed by atoms with van der Waals surface area (Å²) in [6.07, 6.45) is 3.63. The predicted octanol–water partition coefficient (Wildman–Crippen LogP) is 3.71. The Balaban J connectivity index is 1.43. The van der Waals surface area contributed by atoms with Crippen molar-refractivity contribution >= 4 is 23.3 Å². The topological polar surface area (TPSA) is 82.5 Å². The number of fused-ring (bicyclic) bond motifs is 1. The van der Waals surface area contributed by atoms with Gasteiger partial charge >= 0.3 is 0 Å². The Morgan fingerprint density at radius 3 is 2.55 bits per heavy atom. The average molecular weight is 440 g/mol. The number of hydrogen-bond donors (Lipinski definition) is 1. The summed E-state index contributed by atoms with van der Waals surface area (Å²) >= 11 is 6.00. The van der Waals surface area contributed by atoms with E-state index in [0.717, 1.165) is 5.56 Å². The van der Waals surface area contributed by atoms with E-state index in [0.29, 0.717) is 41.1 Å². The van der Waals surface area contributed by atoms with Crippen LogP contribution in [0.1, 0.15) is 40.6 Å². The SMILES string of the molecule is Cn1ccnc1[C@@H](NC(=O)CCC(=O)c1ccc2c(c1)OCCO2)c1ccc(Cl)cc1. The van der Waals surface area contributed by atoms with Gasteiger partial charge in [-0.25, -0.2) is 4.98 Å². The molecule has 0 radical (unpaired) electrons. The van der Waals surface area contributed by atoms with Crippen molar-refractivity contribution in [2.45, 2.75) is 18.9 Å². The van der Waals surface area contributed by atoms with E-state index in [2.05, 4.69) is 10.3 Å². The number of carbonyl (C=O) groups is 2. The molecule has 2 aromatic carbocycles. The third kappa shape index (κ3) is 4.88. The highest BCUT2D eigenvalue weighted by molar-refractivity contribution is 6.30. The van der Waals surface area contributed by atoms with E-state index in [1.165, 1.54) is 0 Å². The highest BCUT2D eigenvalue weighted by Crippen LogP contribution is 2.31. The van der Waals surface area contributed by atoms with Crippen LogP contribution in [-0.2, 0) is 11.8 Å². The van der Waals surface area contributed by atoms with Crippen LogP contribution < -0.4 is 14.8 Å². The lowest BCUT2D eigenvalue weighted by molar-refractivity contribution is -0.121. The summed E-state index contributed by atoms with van der Waals surface area (Å²) in [7, 11) is 1.86. The summed E-state index contributed by atoms with van der Waals surface area (Å²) < 4.78 is 12.9. The van der Waals surface area contributed by atoms with Gasteiger partial charge in [0.1, 0.15) is 25.1 Å². The molecular weight excluding hydrogens is 418 g/mol. The predicted molar refractivity (Wildman–Crippen MR) is 116 cm³/mol. The number of aromatic nitrogens is 2. The van der Waals surface area contributed by atoms with Gasteiger partial charge in [0.25, 0.3) is 0 Å². The van der Waals surface area contributed by atoms with Crippen molar-refractivity contribution in [3.05, 3.63) is 76.8 Å². The van der Waals surface area contributed by atoms with Gasteiger partial charge in [0.15, 0.2) is 17.3 Å². The molecule has 7 nitrogen and oxygen atoms in total. The lowest BCUT2D eigenvalue weighted by atomic mass is 10.0. The third-order valence-corrected chi connectivity index (χ3v) is 5.32. The maximum Gasteiger partial charge on any atom is 0.221 e. The molecule has 160 valence electrons. The molecule has 8 heteroatoms. The van der Waals surface area contributed by atoms with Crippen LogP contribution in [0.15, 0.2) is 54.9 Å². The standard InChI is InChI=1S/C23H22ClN3O4/c1-27-11-10-25-23(27)22(15-2-5-17(24)6-3-15)26-21(29)9-7-18(28)16-4-8-19-20(14-16)31-13-12-30-19/h2-6,8,10-11,14,22H,7,9,12-13H2,1H3,(H,26,29)/t22-/m0/s1. The number of nitrogens with zero attached hydrogens (tertiary/aromatic N) is 2. The molecule has 0 unspecified atom stereocenters. The minimum atomic E-state index is -0.450. The number of benzene rings is 2. The zero-order chi connectivity index (χ0) is 21.8. The zero-order valence-corrected chi connectivity index (χ0v) is 17.8. The van der Waals surface area contributed by atoms with E-state index in [4.69, 9.17) is 21.1 Å². The van der Waals surface area contributed by atoms with Crippen LogP contribution in [0.2, 0.25) is 5.02 Å². The van der Waals surface area contributed by atoms with Crippen molar-refractivity contribution < 1.29 is 19.1 Å². The number of ketones is 1. The van der Waals surface area contributed by atoms with Gasteiger partial charge in [-0.1, -0.05) is 23.7 Å². The Hall–Kier alpha value is -3.32. The molecule has 3 aromatic rings. The number of aryl methyl sites for hydroxylation is 1. The van der Waals surface area contributed by atoms with E-state index in [1.807, 2.05) is 29.9 Å². The van der Waals surface area contributed by atoms with Crippen LogP contribution >= 0.6 is 11.6 Å². The van der Waals surface area contributed by atoms with Crippen molar-refractivity contribution in [3.8, 4) is 11.5 Å². The molecule has 1 aliphatic rings. The molecule has 0 saturated heterocycles. The maximum absolute atomic E-state index is 12.7. The molecule has 1 aliphatic heterocycles. The first-order valence-electron chi connectivity index (χ1n) is 9.96. The van der Waals surface area contributed by atoms with Crippen molar-refractivity contribution in [2.75, 3.05) is 13.2 Å². The fourth-order valence-corrected chi connectivity index (χ4v) is 3.55. The molecule has 1 amide bonds. The highest BCUT2D eigenvalue weighted by atomic mass is 35.5. The normalized spacial score (nSPS) is 13.5. The molecule has 4 rings (SSSR count). The molecule has 0 spiro atoms. The van der Waals surface area contributed by atoms with E-state index < -0.39 is 6.04 Å². The van der Waals surface area contributed by atoms with Crippen molar-refractivity contribution in [2.24, 2.45) is 7.05 Å². The van der Waals surface area contributed by atoms with Crippen molar-refractivity contribution in [1.82, 2.24) is 14.9 Å². The van der Waals surface area contributed by atoms with E-state index in [-0.39, 0.29) is 24.5 Å². The molecule has 0 fully saturated rings. The summed E-state index contributed by atoms with van der Waals surface area (Å²) in [6, 6.07) is 11.9. The highest BCUT2D eigenvalue weighted by Gasteiger charge is 2.22. The molecule has 2 heterocycles. The van der Waals surface area contributed by atoms with Crippen LogP contribution in [0.5, 0.6) is 11.5 Å². The second kappa shape index (κ2) is 9.22. The van der Waals surface area contributed by atoms with Crippen LogP contribution in [0.4, 0.5) is 0 Å². The molecule has 0 saturated carbocycles. The fraction of sp³-hybridized carbons (Fsp3) is 0.261. The number of amides is 1. The first-order chi connectivity index (χ1) is 15.0. The van der Waals surface area contributed by atoms with Gasteiger partial charge in [-0.2, -0.15) is 0 Å². The molecule has 0 aliphatic carbocycles. The first-order valence-corrected chi connectivity index (χ1v) is 10.3. The van der Waals surface area contributed by atoms with Gasteiger partial charge < -0.3 is 19.4 Å². The van der Waals surface area contributed by atoms with E-state index >= 15 is 0 Å². The van der Waals surface area contributed by atoms with Crippen molar-refractivity contribution in [1.29, 1.82) is 0 Å².